The molecular weight excluding hydrogens is 314 g/mol. The molecule has 1 amide bonds. The Hall–Kier alpha value is -2.24. The van der Waals surface area contributed by atoms with Crippen LogP contribution in [0, 0.1) is 18.8 Å². The maximum atomic E-state index is 12.8. The van der Waals surface area contributed by atoms with Crippen molar-refractivity contribution in [2.24, 2.45) is 11.8 Å². The van der Waals surface area contributed by atoms with Gasteiger partial charge < -0.3 is 4.90 Å². The van der Waals surface area contributed by atoms with Crippen molar-refractivity contribution < 1.29 is 4.79 Å². The highest BCUT2D eigenvalue weighted by Gasteiger charge is 2.26. The van der Waals surface area contributed by atoms with Gasteiger partial charge in [0.1, 0.15) is 0 Å². The molecule has 0 aromatic carbocycles. The first-order chi connectivity index (χ1) is 12.0. The Kier molecular flexibility index (Phi) is 5.46. The SMILES string of the molecule is Cc1ccncc1C(=O)N1CCCC(Cn2cc(CC(C)C)nn2)C1. The fourth-order valence-electron chi connectivity index (χ4n) is 3.46. The zero-order valence-electron chi connectivity index (χ0n) is 15.4. The molecule has 3 rings (SSSR count). The second-order valence-corrected chi connectivity index (χ2v) is 7.48. The number of carbonyl (C=O) groups excluding carboxylic acids is 1. The summed E-state index contributed by atoms with van der Waals surface area (Å²) < 4.78 is 1.94. The molecule has 0 radical (unpaired) electrons. The van der Waals surface area contributed by atoms with E-state index in [0.717, 1.165) is 50.2 Å². The molecule has 6 nitrogen and oxygen atoms in total. The molecule has 6 heteroatoms. The zero-order valence-corrected chi connectivity index (χ0v) is 15.4. The van der Waals surface area contributed by atoms with E-state index >= 15 is 0 Å². The number of hydrogen-bond donors (Lipinski definition) is 0. The molecule has 2 aromatic heterocycles. The van der Waals surface area contributed by atoms with Gasteiger partial charge in [0.25, 0.3) is 5.91 Å². The molecule has 25 heavy (non-hydrogen) atoms. The summed E-state index contributed by atoms with van der Waals surface area (Å²) in [6.45, 7) is 8.74. The Morgan fingerprint density at radius 2 is 2.24 bits per heavy atom. The van der Waals surface area contributed by atoms with Crippen LogP contribution in [0.1, 0.15) is 48.3 Å². The number of rotatable bonds is 5. The third kappa shape index (κ3) is 4.44. The van der Waals surface area contributed by atoms with E-state index in [0.29, 0.717) is 17.4 Å². The lowest BCUT2D eigenvalue weighted by Crippen LogP contribution is -2.41. The summed E-state index contributed by atoms with van der Waals surface area (Å²) in [5.41, 5.74) is 2.74. The molecule has 1 saturated heterocycles. The number of amides is 1. The molecule has 1 atom stereocenters. The van der Waals surface area contributed by atoms with Gasteiger partial charge in [-0.05, 0) is 49.7 Å². The van der Waals surface area contributed by atoms with Gasteiger partial charge in [0, 0.05) is 38.2 Å². The average Bonchev–Trinajstić information content (AvgIpc) is 3.01. The number of aryl methyl sites for hydroxylation is 1. The van der Waals surface area contributed by atoms with Crippen LogP contribution in [0.15, 0.2) is 24.7 Å². The minimum Gasteiger partial charge on any atom is -0.338 e. The first-order valence-electron chi connectivity index (χ1n) is 9.12. The number of nitrogens with zero attached hydrogens (tertiary/aromatic N) is 5. The van der Waals surface area contributed by atoms with Crippen LogP contribution in [0.5, 0.6) is 0 Å². The van der Waals surface area contributed by atoms with Crippen LogP contribution in [0.4, 0.5) is 0 Å². The Labute approximate surface area is 149 Å². The van der Waals surface area contributed by atoms with Crippen LogP contribution >= 0.6 is 0 Å². The number of piperidine rings is 1. The normalized spacial score (nSPS) is 17.9. The van der Waals surface area contributed by atoms with Crippen molar-refractivity contribution in [3.05, 3.63) is 41.5 Å². The number of likely N-dealkylation sites (tertiary alicyclic amines) is 1. The van der Waals surface area contributed by atoms with Crippen LogP contribution < -0.4 is 0 Å². The third-order valence-corrected chi connectivity index (χ3v) is 4.72. The second kappa shape index (κ2) is 7.76. The zero-order chi connectivity index (χ0) is 17.8. The number of hydrogen-bond acceptors (Lipinski definition) is 4. The predicted octanol–water partition coefficient (Wildman–Crippen LogP) is 2.73. The summed E-state index contributed by atoms with van der Waals surface area (Å²) in [7, 11) is 0. The van der Waals surface area contributed by atoms with E-state index in [2.05, 4.69) is 29.1 Å². The third-order valence-electron chi connectivity index (χ3n) is 4.72. The minimum atomic E-state index is 0.0920. The van der Waals surface area contributed by atoms with E-state index < -0.39 is 0 Å². The molecular formula is C19H27N5O. The highest BCUT2D eigenvalue weighted by Crippen LogP contribution is 2.21. The van der Waals surface area contributed by atoms with E-state index in [1.165, 1.54) is 0 Å². The summed E-state index contributed by atoms with van der Waals surface area (Å²) in [5.74, 6) is 1.09. The van der Waals surface area contributed by atoms with Gasteiger partial charge in [-0.3, -0.25) is 14.5 Å². The smallest absolute Gasteiger partial charge is 0.255 e. The molecule has 0 bridgehead atoms. The van der Waals surface area contributed by atoms with Crippen molar-refractivity contribution in [1.29, 1.82) is 0 Å². The Morgan fingerprint density at radius 3 is 3.00 bits per heavy atom. The molecule has 1 aliphatic heterocycles. The maximum absolute atomic E-state index is 12.8. The lowest BCUT2D eigenvalue weighted by atomic mass is 9.97. The van der Waals surface area contributed by atoms with Crippen molar-refractivity contribution in [3.63, 3.8) is 0 Å². The topological polar surface area (TPSA) is 63.9 Å². The van der Waals surface area contributed by atoms with Crippen LogP contribution in [-0.4, -0.2) is 43.9 Å². The molecule has 0 spiro atoms. The van der Waals surface area contributed by atoms with E-state index in [9.17, 15) is 4.79 Å². The average molecular weight is 341 g/mol. The van der Waals surface area contributed by atoms with Crippen molar-refractivity contribution in [2.75, 3.05) is 13.1 Å². The Balaban J connectivity index is 1.62. The van der Waals surface area contributed by atoms with E-state index in [4.69, 9.17) is 0 Å². The highest BCUT2D eigenvalue weighted by molar-refractivity contribution is 5.95. The lowest BCUT2D eigenvalue weighted by molar-refractivity contribution is 0.0658. The molecule has 0 saturated carbocycles. The first kappa shape index (κ1) is 17.6. The monoisotopic (exact) mass is 341 g/mol. The fourth-order valence-corrected chi connectivity index (χ4v) is 3.46. The van der Waals surface area contributed by atoms with Gasteiger partial charge in [0.15, 0.2) is 0 Å². The largest absolute Gasteiger partial charge is 0.338 e. The number of carbonyl (C=O) groups is 1. The van der Waals surface area contributed by atoms with Crippen LogP contribution in [0.25, 0.3) is 0 Å². The molecule has 1 aliphatic rings. The lowest BCUT2D eigenvalue weighted by Gasteiger charge is -2.33. The van der Waals surface area contributed by atoms with Gasteiger partial charge in [0.2, 0.25) is 0 Å². The van der Waals surface area contributed by atoms with E-state index in [-0.39, 0.29) is 5.91 Å². The van der Waals surface area contributed by atoms with Crippen molar-refractivity contribution in [3.8, 4) is 0 Å². The number of aromatic nitrogens is 4. The molecule has 1 fully saturated rings. The summed E-state index contributed by atoms with van der Waals surface area (Å²) in [6.07, 6.45) is 8.56. The molecule has 1 unspecified atom stereocenters. The number of pyridine rings is 1. The molecule has 0 aliphatic carbocycles. The van der Waals surface area contributed by atoms with Gasteiger partial charge in [-0.2, -0.15) is 0 Å². The van der Waals surface area contributed by atoms with Crippen LogP contribution in [0.2, 0.25) is 0 Å². The van der Waals surface area contributed by atoms with Gasteiger partial charge in [-0.1, -0.05) is 19.1 Å². The first-order valence-corrected chi connectivity index (χ1v) is 9.12. The maximum Gasteiger partial charge on any atom is 0.255 e. The summed E-state index contributed by atoms with van der Waals surface area (Å²) in [4.78, 5) is 18.9. The minimum absolute atomic E-state index is 0.0920. The Morgan fingerprint density at radius 1 is 1.40 bits per heavy atom. The van der Waals surface area contributed by atoms with Crippen molar-refractivity contribution in [2.45, 2.75) is 46.6 Å². The molecule has 0 N–H and O–H groups in total. The Bertz CT molecular complexity index is 724. The quantitative estimate of drug-likeness (QED) is 0.839. The van der Waals surface area contributed by atoms with E-state index in [1.807, 2.05) is 28.8 Å². The predicted molar refractivity (Wildman–Crippen MR) is 96.2 cm³/mol. The fraction of sp³-hybridized carbons (Fsp3) is 0.579. The van der Waals surface area contributed by atoms with Crippen molar-refractivity contribution in [1.82, 2.24) is 24.9 Å². The van der Waals surface area contributed by atoms with Gasteiger partial charge in [-0.15, -0.1) is 5.10 Å². The molecule has 3 heterocycles. The summed E-state index contributed by atoms with van der Waals surface area (Å²) in [6, 6.07) is 1.89. The van der Waals surface area contributed by atoms with E-state index in [1.54, 1.807) is 12.4 Å². The molecule has 2 aromatic rings. The molecule has 134 valence electrons. The standard InChI is InChI=1S/C19H27N5O/c1-14(2)9-17-13-24(22-21-17)12-16-5-4-8-23(11-16)19(25)18-10-20-7-6-15(18)3/h6-7,10,13-14,16H,4-5,8-9,11-12H2,1-3H3. The second-order valence-electron chi connectivity index (χ2n) is 7.48. The van der Waals surface area contributed by atoms with Gasteiger partial charge in [-0.25, -0.2) is 0 Å². The van der Waals surface area contributed by atoms with Crippen LogP contribution in [-0.2, 0) is 13.0 Å². The summed E-state index contributed by atoms with van der Waals surface area (Å²) in [5, 5.41) is 8.52. The van der Waals surface area contributed by atoms with Gasteiger partial charge >= 0.3 is 0 Å². The van der Waals surface area contributed by atoms with Gasteiger partial charge in [0.05, 0.1) is 11.3 Å². The highest BCUT2D eigenvalue weighted by atomic mass is 16.2. The summed E-state index contributed by atoms with van der Waals surface area (Å²) >= 11 is 0. The van der Waals surface area contributed by atoms with Crippen molar-refractivity contribution >= 4 is 5.91 Å². The van der Waals surface area contributed by atoms with Crippen LogP contribution in [0.3, 0.4) is 0 Å².